The maximum absolute atomic E-state index is 9.29. The molecule has 7 nitrogen and oxygen atoms in total. The molecule has 4 N–H and O–H groups in total. The van der Waals surface area contributed by atoms with Crippen LogP contribution in [0.2, 0.25) is 0 Å². The van der Waals surface area contributed by atoms with Crippen molar-refractivity contribution in [3.8, 4) is 18.2 Å². The average molecular weight is 284 g/mol. The molecule has 0 amide bonds. The third-order valence-electron chi connectivity index (χ3n) is 2.95. The van der Waals surface area contributed by atoms with E-state index in [9.17, 15) is 5.26 Å². The number of nitrogens with one attached hydrogen (secondary N) is 2. The van der Waals surface area contributed by atoms with Crippen LogP contribution in [0.15, 0.2) is 0 Å². The minimum Gasteiger partial charge on any atom is -0.383 e. The summed E-state index contributed by atoms with van der Waals surface area (Å²) in [5.74, 6) is 0.385. The van der Waals surface area contributed by atoms with E-state index in [0.29, 0.717) is 17.9 Å². The lowest BCUT2D eigenvalue weighted by Gasteiger charge is -2.13. The van der Waals surface area contributed by atoms with Crippen LogP contribution in [0.3, 0.4) is 0 Å². The Morgan fingerprint density at radius 2 is 1.86 bits per heavy atom. The first-order valence-electron chi connectivity index (χ1n) is 6.57. The number of nitrogens with zero attached hydrogens (tertiary/aromatic N) is 4. The van der Waals surface area contributed by atoms with Gasteiger partial charge in [0.05, 0.1) is 38.7 Å². The largest absolute Gasteiger partial charge is 0.383 e. The number of nitrogens with two attached hydrogens (primary N) is 1. The zero-order valence-corrected chi connectivity index (χ0v) is 12.2. The van der Waals surface area contributed by atoms with Gasteiger partial charge in [-0.2, -0.15) is 15.8 Å². The van der Waals surface area contributed by atoms with Crippen LogP contribution in [0.4, 0.5) is 11.6 Å². The highest BCUT2D eigenvalue weighted by Crippen LogP contribution is 2.25. The molecule has 1 heterocycles. The van der Waals surface area contributed by atoms with Crippen LogP contribution >= 0.6 is 0 Å². The topological polar surface area (TPSA) is 127 Å². The molecule has 0 spiro atoms. The smallest absolute Gasteiger partial charge is 0.146 e. The number of rotatable bonds is 6. The Bertz CT molecular complexity index is 629. The van der Waals surface area contributed by atoms with Crippen molar-refractivity contribution >= 4 is 11.6 Å². The minimum atomic E-state index is -0.0466. The molecular weight excluding hydrogens is 266 g/mol. The van der Waals surface area contributed by atoms with E-state index in [2.05, 4.69) is 24.4 Å². The molecule has 0 aliphatic rings. The second-order valence-corrected chi connectivity index (χ2v) is 4.87. The Hall–Kier alpha value is -2.82. The molecule has 108 valence electrons. The summed E-state index contributed by atoms with van der Waals surface area (Å²) >= 11 is 0. The van der Waals surface area contributed by atoms with E-state index in [1.165, 1.54) is 4.90 Å². The number of anilines is 2. The second kappa shape index (κ2) is 7.69. The summed E-state index contributed by atoms with van der Waals surface area (Å²) in [6.45, 7) is 1.62. The highest BCUT2D eigenvalue weighted by atomic mass is 15.1. The van der Waals surface area contributed by atoms with Gasteiger partial charge in [-0.3, -0.25) is 0 Å². The van der Waals surface area contributed by atoms with Crippen LogP contribution in [0, 0.1) is 34.0 Å². The number of hydrogen-bond donors (Lipinski definition) is 3. The van der Waals surface area contributed by atoms with Crippen LogP contribution in [-0.4, -0.2) is 32.2 Å². The molecule has 1 aromatic heterocycles. The van der Waals surface area contributed by atoms with Crippen LogP contribution < -0.4 is 16.0 Å². The predicted octanol–water partition coefficient (Wildman–Crippen LogP) is -0.580. The van der Waals surface area contributed by atoms with Crippen LogP contribution in [0.5, 0.6) is 0 Å². The van der Waals surface area contributed by atoms with Crippen molar-refractivity contribution in [1.82, 2.24) is 4.98 Å². The van der Waals surface area contributed by atoms with Gasteiger partial charge in [-0.15, -0.1) is 0 Å². The van der Waals surface area contributed by atoms with E-state index < -0.39 is 0 Å². The monoisotopic (exact) mass is 284 g/mol. The summed E-state index contributed by atoms with van der Waals surface area (Å²) in [5, 5.41) is 30.3. The lowest BCUT2D eigenvalue weighted by atomic mass is 10.0. The molecule has 0 saturated carbocycles. The number of pyridine rings is 1. The number of aromatic nitrogens is 1. The van der Waals surface area contributed by atoms with Gasteiger partial charge >= 0.3 is 0 Å². The van der Waals surface area contributed by atoms with Crippen molar-refractivity contribution < 1.29 is 4.90 Å². The molecule has 0 radical (unpaired) electrons. The summed E-state index contributed by atoms with van der Waals surface area (Å²) in [6.07, 6.45) is 0.859. The lowest BCUT2D eigenvalue weighted by molar-refractivity contribution is -0.858. The molecule has 21 heavy (non-hydrogen) atoms. The van der Waals surface area contributed by atoms with Crippen LogP contribution in [0.1, 0.15) is 23.1 Å². The number of nitriles is 3. The highest BCUT2D eigenvalue weighted by Gasteiger charge is 2.18. The first-order chi connectivity index (χ1) is 10.0. The molecule has 0 aliphatic carbocycles. The lowest BCUT2D eigenvalue weighted by Crippen LogP contribution is -3.05. The molecule has 1 aromatic rings. The Kier molecular flexibility index (Phi) is 5.95. The molecule has 0 fully saturated rings. The number of quaternary nitrogens is 1. The SMILES string of the molecule is C[NH+](C)CCCNc1nc(N)c(C#N)c(CC#N)c1C#N. The van der Waals surface area contributed by atoms with E-state index in [4.69, 9.17) is 16.3 Å². The highest BCUT2D eigenvalue weighted by molar-refractivity contribution is 5.68. The Labute approximate surface area is 124 Å². The second-order valence-electron chi connectivity index (χ2n) is 4.87. The van der Waals surface area contributed by atoms with Gasteiger partial charge in [-0.25, -0.2) is 4.98 Å². The predicted molar refractivity (Wildman–Crippen MR) is 78.2 cm³/mol. The van der Waals surface area contributed by atoms with Gasteiger partial charge in [0.25, 0.3) is 0 Å². The van der Waals surface area contributed by atoms with Gasteiger partial charge in [0.1, 0.15) is 29.3 Å². The Morgan fingerprint density at radius 3 is 2.38 bits per heavy atom. The molecular formula is C14H18N7+. The van der Waals surface area contributed by atoms with Gasteiger partial charge in [0.15, 0.2) is 0 Å². The summed E-state index contributed by atoms with van der Waals surface area (Å²) < 4.78 is 0. The van der Waals surface area contributed by atoms with E-state index in [1.807, 2.05) is 18.2 Å². The van der Waals surface area contributed by atoms with E-state index in [1.54, 1.807) is 0 Å². The maximum Gasteiger partial charge on any atom is 0.146 e. The van der Waals surface area contributed by atoms with Crippen molar-refractivity contribution in [2.24, 2.45) is 0 Å². The molecule has 1 rings (SSSR count). The van der Waals surface area contributed by atoms with Crippen molar-refractivity contribution in [1.29, 1.82) is 15.8 Å². The van der Waals surface area contributed by atoms with Crippen molar-refractivity contribution in [3.05, 3.63) is 16.7 Å². The average Bonchev–Trinajstić information content (AvgIpc) is 2.44. The summed E-state index contributed by atoms with van der Waals surface area (Å²) in [4.78, 5) is 5.41. The summed E-state index contributed by atoms with van der Waals surface area (Å²) in [5.41, 5.74) is 6.42. The molecule has 0 aliphatic heterocycles. The molecule has 7 heteroatoms. The quantitative estimate of drug-likeness (QED) is 0.600. The molecule has 0 unspecified atom stereocenters. The molecule has 0 aromatic carbocycles. The maximum atomic E-state index is 9.29. The fourth-order valence-electron chi connectivity index (χ4n) is 1.93. The number of nitrogen functional groups attached to an aromatic ring is 1. The zero-order valence-electron chi connectivity index (χ0n) is 12.2. The van der Waals surface area contributed by atoms with Crippen molar-refractivity contribution in [3.63, 3.8) is 0 Å². The van der Waals surface area contributed by atoms with Gasteiger partial charge in [0, 0.05) is 18.5 Å². The minimum absolute atomic E-state index is 0.0440. The Balaban J connectivity index is 3.08. The fourth-order valence-corrected chi connectivity index (χ4v) is 1.93. The third-order valence-corrected chi connectivity index (χ3v) is 2.95. The first-order valence-corrected chi connectivity index (χ1v) is 6.57. The Morgan fingerprint density at radius 1 is 1.19 bits per heavy atom. The van der Waals surface area contributed by atoms with E-state index in [0.717, 1.165) is 13.0 Å². The number of hydrogen-bond acceptors (Lipinski definition) is 6. The summed E-state index contributed by atoms with van der Waals surface area (Å²) in [6, 6.07) is 5.88. The van der Waals surface area contributed by atoms with Gasteiger partial charge < -0.3 is 16.0 Å². The first kappa shape index (κ1) is 16.2. The molecule has 0 bridgehead atoms. The van der Waals surface area contributed by atoms with Crippen molar-refractivity contribution in [2.45, 2.75) is 12.8 Å². The van der Waals surface area contributed by atoms with Gasteiger partial charge in [-0.1, -0.05) is 0 Å². The van der Waals surface area contributed by atoms with Crippen LogP contribution in [-0.2, 0) is 6.42 Å². The van der Waals surface area contributed by atoms with Crippen LogP contribution in [0.25, 0.3) is 0 Å². The molecule has 0 atom stereocenters. The standard InChI is InChI=1S/C14H17N7/c1-21(2)7-3-6-19-14-12(9-17)10(4-5-15)11(8-16)13(18)20-14/h3-4,6-7H2,1-2H3,(H3,18,19,20)/p+1. The zero-order chi connectivity index (χ0) is 15.8. The fraction of sp³-hybridized carbons (Fsp3) is 0.429. The normalized spacial score (nSPS) is 9.71. The van der Waals surface area contributed by atoms with Crippen molar-refractivity contribution in [2.75, 3.05) is 38.2 Å². The van der Waals surface area contributed by atoms with E-state index >= 15 is 0 Å². The van der Waals surface area contributed by atoms with Gasteiger partial charge in [0.2, 0.25) is 0 Å². The summed E-state index contributed by atoms with van der Waals surface area (Å²) in [7, 11) is 4.12. The third kappa shape index (κ3) is 4.07. The molecule has 0 saturated heterocycles. The van der Waals surface area contributed by atoms with Gasteiger partial charge in [-0.05, 0) is 0 Å². The van der Waals surface area contributed by atoms with E-state index in [-0.39, 0.29) is 23.4 Å².